The molecule has 0 radical (unpaired) electrons. The largest absolute Gasteiger partial charge is 0.384 e. The zero-order valence-corrected chi connectivity index (χ0v) is 8.72. The summed E-state index contributed by atoms with van der Waals surface area (Å²) in [6.45, 7) is 2.21. The fourth-order valence-electron chi connectivity index (χ4n) is 1.43. The van der Waals surface area contributed by atoms with E-state index in [0.717, 1.165) is 12.0 Å². The maximum atomic E-state index is 7.25. The Morgan fingerprint density at radius 2 is 1.86 bits per heavy atom. The number of amidine groups is 1. The molecule has 0 amide bonds. The smallest absolute Gasteiger partial charge is 0.122 e. The number of nitrogen functional groups attached to an aromatic ring is 1. The highest BCUT2D eigenvalue weighted by Crippen LogP contribution is 2.08. The van der Waals surface area contributed by atoms with Crippen LogP contribution in [0.4, 0.5) is 0 Å². The molecule has 3 N–H and O–H groups in total. The highest BCUT2D eigenvalue weighted by molar-refractivity contribution is 5.94. The van der Waals surface area contributed by atoms with Crippen LogP contribution in [0.1, 0.15) is 37.3 Å². The Morgan fingerprint density at radius 1 is 1.21 bits per heavy atom. The average molecular weight is 190 g/mol. The third-order valence-electron chi connectivity index (χ3n) is 2.33. The monoisotopic (exact) mass is 190 g/mol. The van der Waals surface area contributed by atoms with E-state index in [1.54, 1.807) is 0 Å². The molecule has 0 aliphatic carbocycles. The van der Waals surface area contributed by atoms with Crippen LogP contribution in [0, 0.1) is 5.41 Å². The summed E-state index contributed by atoms with van der Waals surface area (Å²) in [7, 11) is 0. The van der Waals surface area contributed by atoms with Gasteiger partial charge in [0, 0.05) is 5.56 Å². The van der Waals surface area contributed by atoms with E-state index < -0.39 is 0 Å². The topological polar surface area (TPSA) is 49.9 Å². The second kappa shape index (κ2) is 5.43. The number of nitrogens with two attached hydrogens (primary N) is 1. The summed E-state index contributed by atoms with van der Waals surface area (Å²) in [6.07, 6.45) is 4.92. The van der Waals surface area contributed by atoms with Crippen molar-refractivity contribution in [2.45, 2.75) is 32.6 Å². The van der Waals surface area contributed by atoms with Crippen molar-refractivity contribution in [1.82, 2.24) is 0 Å². The average Bonchev–Trinajstić information content (AvgIpc) is 2.19. The molecule has 0 aromatic heterocycles. The molecule has 14 heavy (non-hydrogen) atoms. The Kier molecular flexibility index (Phi) is 4.17. The van der Waals surface area contributed by atoms with Crippen LogP contribution in [0.15, 0.2) is 24.3 Å². The van der Waals surface area contributed by atoms with Gasteiger partial charge < -0.3 is 5.73 Å². The van der Waals surface area contributed by atoms with Gasteiger partial charge in [-0.3, -0.25) is 5.41 Å². The maximum absolute atomic E-state index is 7.25. The molecule has 1 aromatic carbocycles. The van der Waals surface area contributed by atoms with Gasteiger partial charge in [0.15, 0.2) is 0 Å². The number of hydrogen-bond acceptors (Lipinski definition) is 1. The van der Waals surface area contributed by atoms with Gasteiger partial charge in [0.1, 0.15) is 5.84 Å². The molecule has 0 saturated heterocycles. The van der Waals surface area contributed by atoms with Crippen LogP contribution in [0.25, 0.3) is 0 Å². The molecule has 0 saturated carbocycles. The van der Waals surface area contributed by atoms with E-state index in [4.69, 9.17) is 11.1 Å². The molecule has 2 nitrogen and oxygen atoms in total. The van der Waals surface area contributed by atoms with Gasteiger partial charge in [-0.2, -0.15) is 0 Å². The van der Waals surface area contributed by atoms with Gasteiger partial charge in [-0.1, -0.05) is 44.0 Å². The standard InChI is InChI=1S/C12H18N2/c1-2-3-4-5-10-6-8-11(9-7-10)12(13)14/h6-9H,2-5H2,1H3,(H3,13,14). The number of hydrogen-bond donors (Lipinski definition) is 2. The Hall–Kier alpha value is -1.31. The second-order valence-electron chi connectivity index (χ2n) is 3.57. The minimum absolute atomic E-state index is 0.144. The molecule has 1 aromatic rings. The number of rotatable bonds is 5. The summed E-state index contributed by atoms with van der Waals surface area (Å²) < 4.78 is 0. The lowest BCUT2D eigenvalue weighted by molar-refractivity contribution is 0.717. The predicted octanol–water partition coefficient (Wildman–Crippen LogP) is 2.70. The lowest BCUT2D eigenvalue weighted by atomic mass is 10.1. The zero-order chi connectivity index (χ0) is 10.4. The Balaban J connectivity index is 2.51. The van der Waals surface area contributed by atoms with E-state index in [-0.39, 0.29) is 5.84 Å². The fourth-order valence-corrected chi connectivity index (χ4v) is 1.43. The van der Waals surface area contributed by atoms with Crippen LogP contribution in [-0.2, 0) is 6.42 Å². The van der Waals surface area contributed by atoms with Crippen LogP contribution < -0.4 is 5.73 Å². The van der Waals surface area contributed by atoms with E-state index >= 15 is 0 Å². The zero-order valence-electron chi connectivity index (χ0n) is 8.72. The molecule has 0 unspecified atom stereocenters. The number of benzene rings is 1. The molecular formula is C12H18N2. The number of unbranched alkanes of at least 4 members (excludes halogenated alkanes) is 2. The summed E-state index contributed by atoms with van der Waals surface area (Å²) in [5, 5.41) is 7.25. The molecular weight excluding hydrogens is 172 g/mol. The highest BCUT2D eigenvalue weighted by Gasteiger charge is 1.96. The number of aryl methyl sites for hydroxylation is 1. The summed E-state index contributed by atoms with van der Waals surface area (Å²) in [5.41, 5.74) is 7.51. The molecule has 76 valence electrons. The van der Waals surface area contributed by atoms with Crippen molar-refractivity contribution < 1.29 is 0 Å². The van der Waals surface area contributed by atoms with E-state index in [2.05, 4.69) is 19.1 Å². The first-order valence-corrected chi connectivity index (χ1v) is 5.17. The van der Waals surface area contributed by atoms with Crippen molar-refractivity contribution in [1.29, 1.82) is 5.41 Å². The van der Waals surface area contributed by atoms with Gasteiger partial charge in [-0.15, -0.1) is 0 Å². The molecule has 0 bridgehead atoms. The Bertz CT molecular complexity index is 288. The molecule has 1 rings (SSSR count). The lowest BCUT2D eigenvalue weighted by Gasteiger charge is -2.02. The summed E-state index contributed by atoms with van der Waals surface area (Å²) in [6, 6.07) is 7.96. The van der Waals surface area contributed by atoms with Crippen molar-refractivity contribution >= 4 is 5.84 Å². The van der Waals surface area contributed by atoms with Crippen molar-refractivity contribution in [3.05, 3.63) is 35.4 Å². The summed E-state index contributed by atoms with van der Waals surface area (Å²) in [4.78, 5) is 0. The van der Waals surface area contributed by atoms with Crippen molar-refractivity contribution in [3.8, 4) is 0 Å². The third-order valence-corrected chi connectivity index (χ3v) is 2.33. The lowest BCUT2D eigenvalue weighted by Crippen LogP contribution is -2.10. The van der Waals surface area contributed by atoms with E-state index in [9.17, 15) is 0 Å². The van der Waals surface area contributed by atoms with E-state index in [1.165, 1.54) is 24.8 Å². The van der Waals surface area contributed by atoms with Crippen LogP contribution in [-0.4, -0.2) is 5.84 Å². The highest BCUT2D eigenvalue weighted by atomic mass is 14.7. The second-order valence-corrected chi connectivity index (χ2v) is 3.57. The molecule has 0 heterocycles. The van der Waals surface area contributed by atoms with Gasteiger partial charge in [-0.05, 0) is 18.4 Å². The van der Waals surface area contributed by atoms with Gasteiger partial charge >= 0.3 is 0 Å². The van der Waals surface area contributed by atoms with Gasteiger partial charge in [-0.25, -0.2) is 0 Å². The van der Waals surface area contributed by atoms with Gasteiger partial charge in [0.25, 0.3) is 0 Å². The van der Waals surface area contributed by atoms with Crippen molar-refractivity contribution in [2.75, 3.05) is 0 Å². The van der Waals surface area contributed by atoms with Crippen molar-refractivity contribution in [2.24, 2.45) is 5.73 Å². The normalized spacial score (nSPS) is 10.1. The Labute approximate surface area is 85.6 Å². The molecule has 0 atom stereocenters. The third kappa shape index (κ3) is 3.21. The van der Waals surface area contributed by atoms with Crippen LogP contribution in [0.5, 0.6) is 0 Å². The van der Waals surface area contributed by atoms with Gasteiger partial charge in [0.05, 0.1) is 0 Å². The first kappa shape index (κ1) is 10.8. The molecule has 2 heteroatoms. The van der Waals surface area contributed by atoms with Crippen LogP contribution in [0.3, 0.4) is 0 Å². The minimum atomic E-state index is 0.144. The fraction of sp³-hybridized carbons (Fsp3) is 0.417. The molecule has 0 fully saturated rings. The van der Waals surface area contributed by atoms with Crippen LogP contribution in [0.2, 0.25) is 0 Å². The number of nitrogens with one attached hydrogen (secondary N) is 1. The Morgan fingerprint density at radius 3 is 2.36 bits per heavy atom. The van der Waals surface area contributed by atoms with Gasteiger partial charge in [0.2, 0.25) is 0 Å². The van der Waals surface area contributed by atoms with Crippen molar-refractivity contribution in [3.63, 3.8) is 0 Å². The quantitative estimate of drug-likeness (QED) is 0.418. The predicted molar refractivity (Wildman–Crippen MR) is 60.7 cm³/mol. The summed E-state index contributed by atoms with van der Waals surface area (Å²) in [5.74, 6) is 0.144. The van der Waals surface area contributed by atoms with E-state index in [0.29, 0.717) is 0 Å². The summed E-state index contributed by atoms with van der Waals surface area (Å²) >= 11 is 0. The van der Waals surface area contributed by atoms with E-state index in [1.807, 2.05) is 12.1 Å². The maximum Gasteiger partial charge on any atom is 0.122 e. The first-order chi connectivity index (χ1) is 6.74. The molecule has 0 spiro atoms. The molecule has 0 aliphatic heterocycles. The first-order valence-electron chi connectivity index (χ1n) is 5.17. The van der Waals surface area contributed by atoms with Crippen LogP contribution >= 0.6 is 0 Å². The SMILES string of the molecule is CCCCCc1ccc(C(=N)N)cc1. The molecule has 0 aliphatic rings. The minimum Gasteiger partial charge on any atom is -0.384 e.